The second-order valence-electron chi connectivity index (χ2n) is 6.25. The molecule has 6 heteroatoms. The maximum atomic E-state index is 12.0. The smallest absolute Gasteiger partial charge is 0.310 e. The van der Waals surface area contributed by atoms with Gasteiger partial charge in [0.2, 0.25) is 5.88 Å². The number of rotatable bonds is 6. The molecule has 0 unspecified atom stereocenters. The van der Waals surface area contributed by atoms with E-state index in [-0.39, 0.29) is 18.9 Å². The summed E-state index contributed by atoms with van der Waals surface area (Å²) in [7, 11) is 0. The zero-order valence-electron chi connectivity index (χ0n) is 15.2. The lowest BCUT2D eigenvalue weighted by Crippen LogP contribution is -2.21. The Morgan fingerprint density at radius 1 is 1.07 bits per heavy atom. The van der Waals surface area contributed by atoms with Gasteiger partial charge in [-0.3, -0.25) is 14.9 Å². The number of nitrogens with one attached hydrogen (secondary N) is 1. The predicted molar refractivity (Wildman–Crippen MR) is 101 cm³/mol. The van der Waals surface area contributed by atoms with Gasteiger partial charge < -0.3 is 9.26 Å². The van der Waals surface area contributed by atoms with E-state index in [0.29, 0.717) is 5.69 Å². The summed E-state index contributed by atoms with van der Waals surface area (Å²) < 4.78 is 10.1. The minimum atomic E-state index is -0.486. The van der Waals surface area contributed by atoms with Crippen LogP contribution in [-0.2, 0) is 20.7 Å². The number of carbonyl (C=O) groups is 2. The van der Waals surface area contributed by atoms with Gasteiger partial charge >= 0.3 is 5.97 Å². The molecular weight excluding hydrogens is 344 g/mol. The van der Waals surface area contributed by atoms with E-state index in [1.807, 2.05) is 62.4 Å². The molecule has 0 radical (unpaired) electrons. The number of hydrogen-bond donors (Lipinski definition) is 1. The van der Waals surface area contributed by atoms with Gasteiger partial charge in [0.25, 0.3) is 5.91 Å². The zero-order chi connectivity index (χ0) is 19.2. The molecule has 0 aliphatic heterocycles. The SMILES string of the molecule is Cc1ccc(-c2cc(NC(=O)COC(=O)Cc3ccccc3C)on2)cc1. The molecule has 1 heterocycles. The summed E-state index contributed by atoms with van der Waals surface area (Å²) in [6, 6.07) is 16.9. The molecule has 27 heavy (non-hydrogen) atoms. The van der Waals surface area contributed by atoms with Crippen LogP contribution in [-0.4, -0.2) is 23.6 Å². The number of benzene rings is 2. The lowest BCUT2D eigenvalue weighted by molar-refractivity contribution is -0.146. The first-order valence-electron chi connectivity index (χ1n) is 8.55. The molecule has 3 aromatic rings. The minimum absolute atomic E-state index is 0.125. The summed E-state index contributed by atoms with van der Waals surface area (Å²) in [6.07, 6.45) is 0.125. The molecule has 0 aliphatic carbocycles. The molecule has 0 bridgehead atoms. The molecule has 1 amide bonds. The Morgan fingerprint density at radius 2 is 1.81 bits per heavy atom. The average molecular weight is 364 g/mol. The van der Waals surface area contributed by atoms with Crippen LogP contribution in [0.5, 0.6) is 0 Å². The van der Waals surface area contributed by atoms with Crippen LogP contribution in [0.3, 0.4) is 0 Å². The lowest BCUT2D eigenvalue weighted by atomic mass is 10.1. The highest BCUT2D eigenvalue weighted by atomic mass is 16.5. The summed E-state index contributed by atoms with van der Waals surface area (Å²) in [5.74, 6) is -0.748. The lowest BCUT2D eigenvalue weighted by Gasteiger charge is -2.06. The quantitative estimate of drug-likeness (QED) is 0.675. The van der Waals surface area contributed by atoms with E-state index in [4.69, 9.17) is 9.26 Å². The van der Waals surface area contributed by atoms with Gasteiger partial charge in [-0.25, -0.2) is 0 Å². The van der Waals surface area contributed by atoms with Crippen molar-refractivity contribution in [1.82, 2.24) is 5.16 Å². The molecule has 0 saturated heterocycles. The van der Waals surface area contributed by atoms with E-state index >= 15 is 0 Å². The molecule has 1 N–H and O–H groups in total. The Morgan fingerprint density at radius 3 is 2.56 bits per heavy atom. The van der Waals surface area contributed by atoms with Crippen LogP contribution in [0.2, 0.25) is 0 Å². The van der Waals surface area contributed by atoms with Crippen LogP contribution in [0.25, 0.3) is 11.3 Å². The van der Waals surface area contributed by atoms with E-state index in [1.165, 1.54) is 0 Å². The van der Waals surface area contributed by atoms with Gasteiger partial charge in [-0.2, -0.15) is 0 Å². The molecule has 0 fully saturated rings. The number of aryl methyl sites for hydroxylation is 2. The largest absolute Gasteiger partial charge is 0.455 e. The number of carbonyl (C=O) groups excluding carboxylic acids is 2. The summed E-state index contributed by atoms with van der Waals surface area (Å²) in [6.45, 7) is 3.54. The van der Waals surface area contributed by atoms with Crippen molar-refractivity contribution in [3.63, 3.8) is 0 Å². The molecule has 138 valence electrons. The summed E-state index contributed by atoms with van der Waals surface area (Å²) in [5.41, 5.74) is 4.52. The van der Waals surface area contributed by atoms with Crippen molar-refractivity contribution < 1.29 is 18.8 Å². The van der Waals surface area contributed by atoms with Crippen molar-refractivity contribution in [3.05, 3.63) is 71.3 Å². The predicted octanol–water partition coefficient (Wildman–Crippen LogP) is 3.68. The first kappa shape index (κ1) is 18.4. The summed E-state index contributed by atoms with van der Waals surface area (Å²) >= 11 is 0. The van der Waals surface area contributed by atoms with Crippen LogP contribution < -0.4 is 5.32 Å². The van der Waals surface area contributed by atoms with Crippen molar-refractivity contribution in [2.24, 2.45) is 0 Å². The van der Waals surface area contributed by atoms with E-state index in [9.17, 15) is 9.59 Å². The molecule has 0 spiro atoms. The number of anilines is 1. The van der Waals surface area contributed by atoms with Crippen molar-refractivity contribution in [2.75, 3.05) is 11.9 Å². The van der Waals surface area contributed by atoms with Crippen LogP contribution >= 0.6 is 0 Å². The first-order valence-corrected chi connectivity index (χ1v) is 8.55. The van der Waals surface area contributed by atoms with Gasteiger partial charge in [-0.15, -0.1) is 0 Å². The highest BCUT2D eigenvalue weighted by Crippen LogP contribution is 2.22. The maximum Gasteiger partial charge on any atom is 0.310 e. The molecular formula is C21H20N2O4. The van der Waals surface area contributed by atoms with E-state index in [0.717, 1.165) is 22.3 Å². The highest BCUT2D eigenvalue weighted by Gasteiger charge is 2.13. The van der Waals surface area contributed by atoms with Crippen molar-refractivity contribution in [2.45, 2.75) is 20.3 Å². The Balaban J connectivity index is 1.50. The minimum Gasteiger partial charge on any atom is -0.455 e. The Kier molecular flexibility index (Phi) is 5.66. The number of hydrogen-bond acceptors (Lipinski definition) is 5. The molecule has 0 aliphatic rings. The maximum absolute atomic E-state index is 12.0. The van der Waals surface area contributed by atoms with E-state index in [2.05, 4.69) is 10.5 Å². The van der Waals surface area contributed by atoms with Gasteiger partial charge in [0, 0.05) is 11.6 Å². The fourth-order valence-corrected chi connectivity index (χ4v) is 2.53. The number of aromatic nitrogens is 1. The topological polar surface area (TPSA) is 81.4 Å². The molecule has 0 saturated carbocycles. The third-order valence-electron chi connectivity index (χ3n) is 4.08. The Bertz CT molecular complexity index is 945. The van der Waals surface area contributed by atoms with Crippen LogP contribution in [0.15, 0.2) is 59.1 Å². The zero-order valence-corrected chi connectivity index (χ0v) is 15.2. The second-order valence-corrected chi connectivity index (χ2v) is 6.25. The van der Waals surface area contributed by atoms with E-state index in [1.54, 1.807) is 6.07 Å². The van der Waals surface area contributed by atoms with Crippen LogP contribution in [0, 0.1) is 13.8 Å². The number of esters is 1. The third-order valence-corrected chi connectivity index (χ3v) is 4.08. The second kappa shape index (κ2) is 8.31. The number of ether oxygens (including phenoxy) is 1. The van der Waals surface area contributed by atoms with E-state index < -0.39 is 11.9 Å². The highest BCUT2D eigenvalue weighted by molar-refractivity contribution is 5.92. The molecule has 2 aromatic carbocycles. The van der Waals surface area contributed by atoms with Crippen molar-refractivity contribution in [1.29, 1.82) is 0 Å². The Labute approximate surface area is 157 Å². The first-order chi connectivity index (χ1) is 13.0. The summed E-state index contributed by atoms with van der Waals surface area (Å²) in [5, 5.41) is 6.46. The van der Waals surface area contributed by atoms with Gasteiger partial charge in [0.1, 0.15) is 5.69 Å². The van der Waals surface area contributed by atoms with Gasteiger partial charge in [0.05, 0.1) is 6.42 Å². The normalized spacial score (nSPS) is 10.4. The van der Waals surface area contributed by atoms with Crippen LogP contribution in [0.4, 0.5) is 5.88 Å². The fraction of sp³-hybridized carbons (Fsp3) is 0.190. The van der Waals surface area contributed by atoms with Crippen molar-refractivity contribution >= 4 is 17.8 Å². The fourth-order valence-electron chi connectivity index (χ4n) is 2.53. The van der Waals surface area contributed by atoms with Gasteiger partial charge in [0.15, 0.2) is 6.61 Å². The molecule has 3 rings (SSSR count). The number of nitrogens with zero attached hydrogens (tertiary/aromatic N) is 1. The summed E-state index contributed by atoms with van der Waals surface area (Å²) in [4.78, 5) is 23.9. The Hall–Kier alpha value is -3.41. The van der Waals surface area contributed by atoms with Gasteiger partial charge in [-0.1, -0.05) is 59.3 Å². The van der Waals surface area contributed by atoms with Gasteiger partial charge in [-0.05, 0) is 25.0 Å². The standard InChI is InChI=1S/C21H20N2O4/c1-14-7-9-16(10-8-14)18-12-20(27-23-18)22-19(24)13-26-21(25)11-17-6-4-3-5-15(17)2/h3-10,12H,11,13H2,1-2H3,(H,22,24). The van der Waals surface area contributed by atoms with Crippen molar-refractivity contribution in [3.8, 4) is 11.3 Å². The average Bonchev–Trinajstić information content (AvgIpc) is 3.11. The third kappa shape index (κ3) is 5.04. The molecule has 0 atom stereocenters. The monoisotopic (exact) mass is 364 g/mol. The van der Waals surface area contributed by atoms with Crippen LogP contribution in [0.1, 0.15) is 16.7 Å². The molecule has 6 nitrogen and oxygen atoms in total. The number of amides is 1. The molecule has 1 aromatic heterocycles.